The van der Waals surface area contributed by atoms with E-state index in [4.69, 9.17) is 9.15 Å². The molecule has 1 aromatic carbocycles. The number of ether oxygens (including phenoxy) is 1. The molecule has 0 saturated heterocycles. The fourth-order valence-corrected chi connectivity index (χ4v) is 2.58. The average Bonchev–Trinajstić information content (AvgIpc) is 2.81. The van der Waals surface area contributed by atoms with Gasteiger partial charge in [-0.15, -0.1) is 0 Å². The molecule has 0 saturated carbocycles. The molecule has 0 spiro atoms. The number of hydrogen-bond donors (Lipinski definition) is 0. The molecular formula is C14H15BrO2. The predicted molar refractivity (Wildman–Crippen MR) is 71.9 cm³/mol. The third-order valence-corrected chi connectivity index (χ3v) is 3.75. The Morgan fingerprint density at radius 1 is 1.24 bits per heavy atom. The fourth-order valence-electron chi connectivity index (χ4n) is 2.05. The Morgan fingerprint density at radius 2 is 1.88 bits per heavy atom. The molecule has 1 atom stereocenters. The molecule has 0 aliphatic carbocycles. The number of halogens is 1. The van der Waals surface area contributed by atoms with Crippen molar-refractivity contribution in [1.82, 2.24) is 0 Å². The Bertz CT molecular complexity index is 480. The van der Waals surface area contributed by atoms with Gasteiger partial charge in [0.1, 0.15) is 11.5 Å². The van der Waals surface area contributed by atoms with Crippen LogP contribution in [0.15, 0.2) is 34.9 Å². The number of methoxy groups -OCH3 is 1. The maximum Gasteiger partial charge on any atom is 0.124 e. The van der Waals surface area contributed by atoms with Crippen molar-refractivity contribution in [3.63, 3.8) is 0 Å². The van der Waals surface area contributed by atoms with Crippen LogP contribution >= 0.6 is 15.9 Å². The van der Waals surface area contributed by atoms with Crippen LogP contribution in [0.5, 0.6) is 5.75 Å². The van der Waals surface area contributed by atoms with E-state index in [0.717, 1.165) is 22.6 Å². The van der Waals surface area contributed by atoms with Gasteiger partial charge in [-0.3, -0.25) is 0 Å². The van der Waals surface area contributed by atoms with Gasteiger partial charge >= 0.3 is 0 Å². The van der Waals surface area contributed by atoms with Crippen LogP contribution in [0.4, 0.5) is 0 Å². The summed E-state index contributed by atoms with van der Waals surface area (Å²) in [5.74, 6) is 1.86. The summed E-state index contributed by atoms with van der Waals surface area (Å²) in [5.41, 5.74) is 3.45. The van der Waals surface area contributed by atoms with Crippen LogP contribution in [-0.2, 0) is 0 Å². The van der Waals surface area contributed by atoms with E-state index in [9.17, 15) is 0 Å². The first-order valence-electron chi connectivity index (χ1n) is 5.46. The van der Waals surface area contributed by atoms with Gasteiger partial charge in [0.25, 0.3) is 0 Å². The maximum absolute atomic E-state index is 5.41. The maximum atomic E-state index is 5.41. The van der Waals surface area contributed by atoms with Gasteiger partial charge in [-0.1, -0.05) is 28.1 Å². The second-order valence-corrected chi connectivity index (χ2v) is 4.98. The lowest BCUT2D eigenvalue weighted by Crippen LogP contribution is -1.96. The highest BCUT2D eigenvalue weighted by molar-refractivity contribution is 9.09. The Hall–Kier alpha value is -1.22. The van der Waals surface area contributed by atoms with Crippen molar-refractivity contribution in [2.75, 3.05) is 7.11 Å². The van der Waals surface area contributed by atoms with Gasteiger partial charge in [-0.05, 0) is 42.7 Å². The zero-order valence-corrected chi connectivity index (χ0v) is 11.7. The minimum atomic E-state index is 0.0841. The Morgan fingerprint density at radius 3 is 2.35 bits per heavy atom. The van der Waals surface area contributed by atoms with Gasteiger partial charge in [0.2, 0.25) is 0 Å². The molecule has 0 aliphatic heterocycles. The van der Waals surface area contributed by atoms with Gasteiger partial charge < -0.3 is 9.15 Å². The average molecular weight is 295 g/mol. The molecule has 1 unspecified atom stereocenters. The summed E-state index contributed by atoms with van der Waals surface area (Å²) in [6, 6.07) is 8.10. The summed E-state index contributed by atoms with van der Waals surface area (Å²) < 4.78 is 10.8. The second kappa shape index (κ2) is 4.96. The molecule has 0 amide bonds. The Labute approximate surface area is 110 Å². The van der Waals surface area contributed by atoms with Gasteiger partial charge in [0.15, 0.2) is 0 Å². The molecule has 2 rings (SSSR count). The number of alkyl halides is 1. The second-order valence-electron chi connectivity index (χ2n) is 4.07. The summed E-state index contributed by atoms with van der Waals surface area (Å²) in [6.45, 7) is 4.11. The molecule has 3 heteroatoms. The molecule has 0 radical (unpaired) electrons. The number of benzene rings is 1. The van der Waals surface area contributed by atoms with Crippen molar-refractivity contribution in [3.05, 3.63) is 53.0 Å². The first kappa shape index (κ1) is 12.2. The Kier molecular flexibility index (Phi) is 3.57. The topological polar surface area (TPSA) is 22.4 Å². The van der Waals surface area contributed by atoms with Crippen LogP contribution in [0.1, 0.15) is 27.3 Å². The quantitative estimate of drug-likeness (QED) is 0.784. The highest BCUT2D eigenvalue weighted by Crippen LogP contribution is 2.35. The number of aryl methyl sites for hydroxylation is 2. The molecule has 1 heterocycles. The molecule has 2 aromatic rings. The first-order valence-corrected chi connectivity index (χ1v) is 6.37. The third-order valence-electron chi connectivity index (χ3n) is 2.77. The Balaban J connectivity index is 2.40. The smallest absolute Gasteiger partial charge is 0.124 e. The third kappa shape index (κ3) is 2.39. The SMILES string of the molecule is COc1c(C)cc(C(Br)c2ccco2)cc1C. The van der Waals surface area contributed by atoms with Crippen LogP contribution in [0.2, 0.25) is 0 Å². The van der Waals surface area contributed by atoms with Crippen LogP contribution in [0, 0.1) is 13.8 Å². The molecule has 0 aliphatic rings. The van der Waals surface area contributed by atoms with Gasteiger partial charge in [0, 0.05) is 0 Å². The van der Waals surface area contributed by atoms with Crippen molar-refractivity contribution in [3.8, 4) is 5.75 Å². The zero-order chi connectivity index (χ0) is 12.4. The summed E-state index contributed by atoms with van der Waals surface area (Å²) >= 11 is 3.65. The molecule has 0 N–H and O–H groups in total. The van der Waals surface area contributed by atoms with E-state index < -0.39 is 0 Å². The number of hydrogen-bond acceptors (Lipinski definition) is 2. The van der Waals surface area contributed by atoms with Gasteiger partial charge in [-0.25, -0.2) is 0 Å². The van der Waals surface area contributed by atoms with Crippen LogP contribution in [0.3, 0.4) is 0 Å². The standard InChI is InChI=1S/C14H15BrO2/c1-9-7-11(8-10(2)14(9)16-3)13(15)12-5-4-6-17-12/h4-8,13H,1-3H3. The van der Waals surface area contributed by atoms with Gasteiger partial charge in [0.05, 0.1) is 18.2 Å². The summed E-state index contributed by atoms with van der Waals surface area (Å²) in [5, 5.41) is 0. The van der Waals surface area contributed by atoms with E-state index in [1.807, 2.05) is 12.1 Å². The van der Waals surface area contributed by atoms with Gasteiger partial charge in [-0.2, -0.15) is 0 Å². The van der Waals surface area contributed by atoms with Crippen molar-refractivity contribution in [1.29, 1.82) is 0 Å². The van der Waals surface area contributed by atoms with E-state index >= 15 is 0 Å². The van der Waals surface area contributed by atoms with E-state index in [1.54, 1.807) is 13.4 Å². The van der Waals surface area contributed by atoms with Crippen molar-refractivity contribution in [2.24, 2.45) is 0 Å². The fraction of sp³-hybridized carbons (Fsp3) is 0.286. The van der Waals surface area contributed by atoms with Crippen molar-refractivity contribution < 1.29 is 9.15 Å². The summed E-state index contributed by atoms with van der Waals surface area (Å²) in [7, 11) is 1.70. The minimum absolute atomic E-state index is 0.0841. The highest BCUT2D eigenvalue weighted by Gasteiger charge is 2.15. The molecule has 17 heavy (non-hydrogen) atoms. The van der Waals surface area contributed by atoms with Crippen LogP contribution < -0.4 is 4.74 Å². The van der Waals surface area contributed by atoms with Crippen LogP contribution in [0.25, 0.3) is 0 Å². The monoisotopic (exact) mass is 294 g/mol. The molecule has 1 aromatic heterocycles. The predicted octanol–water partition coefficient (Wildman–Crippen LogP) is 4.39. The normalized spacial score (nSPS) is 12.5. The molecule has 2 nitrogen and oxygen atoms in total. The molecule has 0 bridgehead atoms. The molecule has 90 valence electrons. The lowest BCUT2D eigenvalue weighted by atomic mass is 10.0. The van der Waals surface area contributed by atoms with Crippen molar-refractivity contribution >= 4 is 15.9 Å². The summed E-state index contributed by atoms with van der Waals surface area (Å²) in [6.07, 6.45) is 1.69. The molecular weight excluding hydrogens is 280 g/mol. The largest absolute Gasteiger partial charge is 0.496 e. The van der Waals surface area contributed by atoms with Crippen molar-refractivity contribution in [2.45, 2.75) is 18.7 Å². The first-order chi connectivity index (χ1) is 8.13. The minimum Gasteiger partial charge on any atom is -0.496 e. The number of rotatable bonds is 3. The van der Waals surface area contributed by atoms with Crippen LogP contribution in [-0.4, -0.2) is 7.11 Å². The number of furan rings is 1. The van der Waals surface area contributed by atoms with E-state index in [-0.39, 0.29) is 4.83 Å². The lowest BCUT2D eigenvalue weighted by molar-refractivity contribution is 0.408. The summed E-state index contributed by atoms with van der Waals surface area (Å²) in [4.78, 5) is 0.0841. The lowest BCUT2D eigenvalue weighted by Gasteiger charge is -2.13. The molecule has 0 fully saturated rings. The van der Waals surface area contributed by atoms with E-state index in [1.165, 1.54) is 5.56 Å². The van der Waals surface area contributed by atoms with E-state index in [2.05, 4.69) is 41.9 Å². The highest BCUT2D eigenvalue weighted by atomic mass is 79.9. The van der Waals surface area contributed by atoms with E-state index in [0.29, 0.717) is 0 Å². The zero-order valence-electron chi connectivity index (χ0n) is 10.2.